The van der Waals surface area contributed by atoms with E-state index in [4.69, 9.17) is 0 Å². The van der Waals surface area contributed by atoms with Crippen molar-refractivity contribution in [2.24, 2.45) is 0 Å². The number of para-hydroxylation sites is 1. The maximum absolute atomic E-state index is 9.94. The van der Waals surface area contributed by atoms with Gasteiger partial charge in [0.1, 0.15) is 0 Å². The standard InChI is InChI=1S/C14H21NO/c1-10-9-15(4)13-11(8-14(2,3)16)6-5-7-12(10)13/h5-7,10,16H,8-9H2,1-4H3. The van der Waals surface area contributed by atoms with Crippen LogP contribution in [0.5, 0.6) is 0 Å². The number of nitrogens with zero attached hydrogens (tertiary/aromatic N) is 1. The molecule has 1 aliphatic rings. The number of hydrogen-bond donors (Lipinski definition) is 1. The van der Waals surface area contributed by atoms with Crippen molar-refractivity contribution in [3.8, 4) is 0 Å². The summed E-state index contributed by atoms with van der Waals surface area (Å²) in [6.45, 7) is 7.07. The van der Waals surface area contributed by atoms with Crippen molar-refractivity contribution in [2.75, 3.05) is 18.5 Å². The lowest BCUT2D eigenvalue weighted by molar-refractivity contribution is 0.0811. The lowest BCUT2D eigenvalue weighted by atomic mass is 9.94. The third kappa shape index (κ3) is 2.07. The fraction of sp³-hybridized carbons (Fsp3) is 0.571. The van der Waals surface area contributed by atoms with E-state index in [0.29, 0.717) is 12.3 Å². The van der Waals surface area contributed by atoms with Gasteiger partial charge in [0.15, 0.2) is 0 Å². The summed E-state index contributed by atoms with van der Waals surface area (Å²) in [5.74, 6) is 0.599. The van der Waals surface area contributed by atoms with Gasteiger partial charge in [-0.25, -0.2) is 0 Å². The average molecular weight is 219 g/mol. The largest absolute Gasteiger partial charge is 0.390 e. The molecule has 1 N–H and O–H groups in total. The predicted molar refractivity (Wildman–Crippen MR) is 68.1 cm³/mol. The van der Waals surface area contributed by atoms with Crippen molar-refractivity contribution in [1.82, 2.24) is 0 Å². The summed E-state index contributed by atoms with van der Waals surface area (Å²) in [6, 6.07) is 6.44. The second-order valence-corrected chi connectivity index (χ2v) is 5.63. The van der Waals surface area contributed by atoms with E-state index in [2.05, 4.69) is 37.1 Å². The zero-order valence-electron chi connectivity index (χ0n) is 10.6. The lowest BCUT2D eigenvalue weighted by Crippen LogP contribution is -2.24. The summed E-state index contributed by atoms with van der Waals surface area (Å²) < 4.78 is 0. The molecule has 0 aliphatic carbocycles. The topological polar surface area (TPSA) is 23.5 Å². The van der Waals surface area contributed by atoms with Gasteiger partial charge >= 0.3 is 0 Å². The summed E-state index contributed by atoms with van der Waals surface area (Å²) in [6.07, 6.45) is 0.716. The van der Waals surface area contributed by atoms with Crippen molar-refractivity contribution in [1.29, 1.82) is 0 Å². The Morgan fingerprint density at radius 2 is 2.12 bits per heavy atom. The second kappa shape index (κ2) is 3.77. The van der Waals surface area contributed by atoms with Crippen LogP contribution in [0.4, 0.5) is 5.69 Å². The van der Waals surface area contributed by atoms with E-state index in [0.717, 1.165) is 6.54 Å². The van der Waals surface area contributed by atoms with Gasteiger partial charge in [0, 0.05) is 31.6 Å². The van der Waals surface area contributed by atoms with Crippen molar-refractivity contribution < 1.29 is 5.11 Å². The molecule has 1 heterocycles. The van der Waals surface area contributed by atoms with E-state index in [1.807, 2.05) is 13.8 Å². The van der Waals surface area contributed by atoms with Gasteiger partial charge in [0.25, 0.3) is 0 Å². The van der Waals surface area contributed by atoms with Crippen LogP contribution in [0.15, 0.2) is 18.2 Å². The number of hydrogen-bond acceptors (Lipinski definition) is 2. The van der Waals surface area contributed by atoms with Crippen LogP contribution in [-0.4, -0.2) is 24.3 Å². The minimum Gasteiger partial charge on any atom is -0.390 e. The van der Waals surface area contributed by atoms with Crippen LogP contribution in [0.25, 0.3) is 0 Å². The molecule has 88 valence electrons. The normalized spacial score (nSPS) is 20.1. The van der Waals surface area contributed by atoms with Gasteiger partial charge in [0.2, 0.25) is 0 Å². The Labute approximate surface area is 97.9 Å². The number of likely N-dealkylation sites (N-methyl/N-ethyl adjacent to an activating group) is 1. The number of fused-ring (bicyclic) bond motifs is 1. The minimum atomic E-state index is -0.637. The Kier molecular flexibility index (Phi) is 2.70. The Hall–Kier alpha value is -1.02. The highest BCUT2D eigenvalue weighted by Crippen LogP contribution is 2.38. The molecule has 0 saturated carbocycles. The average Bonchev–Trinajstić information content (AvgIpc) is 2.41. The van der Waals surface area contributed by atoms with E-state index in [1.165, 1.54) is 16.8 Å². The van der Waals surface area contributed by atoms with Crippen LogP contribution in [0.3, 0.4) is 0 Å². The Morgan fingerprint density at radius 1 is 1.44 bits per heavy atom. The highest BCUT2D eigenvalue weighted by Gasteiger charge is 2.27. The monoisotopic (exact) mass is 219 g/mol. The molecule has 0 spiro atoms. The first-order chi connectivity index (χ1) is 7.38. The van der Waals surface area contributed by atoms with E-state index in [9.17, 15) is 5.11 Å². The molecule has 1 unspecified atom stereocenters. The first kappa shape index (κ1) is 11.5. The molecular weight excluding hydrogens is 198 g/mol. The zero-order chi connectivity index (χ0) is 11.9. The summed E-state index contributed by atoms with van der Waals surface area (Å²) in [4.78, 5) is 2.31. The molecule has 1 atom stereocenters. The molecule has 0 aromatic heterocycles. The first-order valence-electron chi connectivity index (χ1n) is 5.94. The molecule has 0 bridgehead atoms. The zero-order valence-corrected chi connectivity index (χ0v) is 10.6. The van der Waals surface area contributed by atoms with E-state index < -0.39 is 5.60 Å². The Morgan fingerprint density at radius 3 is 2.75 bits per heavy atom. The third-order valence-corrected chi connectivity index (χ3v) is 3.23. The molecule has 0 amide bonds. The smallest absolute Gasteiger partial charge is 0.0632 e. The van der Waals surface area contributed by atoms with E-state index >= 15 is 0 Å². The second-order valence-electron chi connectivity index (χ2n) is 5.63. The fourth-order valence-corrected chi connectivity index (χ4v) is 2.68. The van der Waals surface area contributed by atoms with Gasteiger partial charge in [-0.3, -0.25) is 0 Å². The molecular formula is C14H21NO. The van der Waals surface area contributed by atoms with Crippen LogP contribution in [-0.2, 0) is 6.42 Å². The van der Waals surface area contributed by atoms with Crippen molar-refractivity contribution in [3.05, 3.63) is 29.3 Å². The summed E-state index contributed by atoms with van der Waals surface area (Å²) in [7, 11) is 2.14. The summed E-state index contributed by atoms with van der Waals surface area (Å²) >= 11 is 0. The van der Waals surface area contributed by atoms with Crippen molar-refractivity contribution in [3.63, 3.8) is 0 Å². The molecule has 2 heteroatoms. The molecule has 1 aromatic rings. The maximum Gasteiger partial charge on any atom is 0.0632 e. The minimum absolute atomic E-state index is 0.599. The highest BCUT2D eigenvalue weighted by atomic mass is 16.3. The summed E-state index contributed by atoms with van der Waals surface area (Å²) in [5, 5.41) is 9.94. The van der Waals surface area contributed by atoms with Crippen LogP contribution in [0.1, 0.15) is 37.8 Å². The number of anilines is 1. The maximum atomic E-state index is 9.94. The fourth-order valence-electron chi connectivity index (χ4n) is 2.68. The van der Waals surface area contributed by atoms with Gasteiger partial charge < -0.3 is 10.0 Å². The predicted octanol–water partition coefficient (Wildman–Crippen LogP) is 2.55. The van der Waals surface area contributed by atoms with Gasteiger partial charge in [-0.15, -0.1) is 0 Å². The van der Waals surface area contributed by atoms with E-state index in [-0.39, 0.29) is 0 Å². The molecule has 0 fully saturated rings. The molecule has 16 heavy (non-hydrogen) atoms. The number of rotatable bonds is 2. The highest BCUT2D eigenvalue weighted by molar-refractivity contribution is 5.64. The quantitative estimate of drug-likeness (QED) is 0.826. The number of aliphatic hydroxyl groups is 1. The van der Waals surface area contributed by atoms with Crippen LogP contribution in [0.2, 0.25) is 0 Å². The van der Waals surface area contributed by atoms with Crippen LogP contribution < -0.4 is 4.90 Å². The molecule has 1 aliphatic heterocycles. The lowest BCUT2D eigenvalue weighted by Gasteiger charge is -2.22. The van der Waals surface area contributed by atoms with Gasteiger partial charge in [0.05, 0.1) is 5.60 Å². The van der Waals surface area contributed by atoms with E-state index in [1.54, 1.807) is 0 Å². The summed E-state index contributed by atoms with van der Waals surface area (Å²) in [5.41, 5.74) is 3.38. The van der Waals surface area contributed by atoms with Crippen LogP contribution >= 0.6 is 0 Å². The van der Waals surface area contributed by atoms with Crippen molar-refractivity contribution >= 4 is 5.69 Å². The van der Waals surface area contributed by atoms with Crippen LogP contribution in [0, 0.1) is 0 Å². The molecule has 0 radical (unpaired) electrons. The molecule has 2 rings (SSSR count). The first-order valence-corrected chi connectivity index (χ1v) is 5.94. The Bertz CT molecular complexity index is 392. The van der Waals surface area contributed by atoms with Gasteiger partial charge in [-0.1, -0.05) is 25.1 Å². The van der Waals surface area contributed by atoms with Gasteiger partial charge in [-0.05, 0) is 25.0 Å². The third-order valence-electron chi connectivity index (χ3n) is 3.23. The molecule has 0 saturated heterocycles. The molecule has 1 aromatic carbocycles. The Balaban J connectivity index is 2.41. The van der Waals surface area contributed by atoms with Gasteiger partial charge in [-0.2, -0.15) is 0 Å². The molecule has 2 nitrogen and oxygen atoms in total. The SMILES string of the molecule is CC1CN(C)c2c(CC(C)(C)O)cccc21. The van der Waals surface area contributed by atoms with Crippen molar-refractivity contribution in [2.45, 2.75) is 38.7 Å². The number of benzene rings is 1.